The van der Waals surface area contributed by atoms with Gasteiger partial charge in [0.2, 0.25) is 0 Å². The first-order valence-corrected chi connectivity index (χ1v) is 10.1. The van der Waals surface area contributed by atoms with Gasteiger partial charge >= 0.3 is 5.97 Å². The summed E-state index contributed by atoms with van der Waals surface area (Å²) in [4.78, 5) is 13.0. The van der Waals surface area contributed by atoms with Crippen LogP contribution >= 0.6 is 22.9 Å². The minimum atomic E-state index is -3.29. The molecule has 3 aromatic rings. The highest BCUT2D eigenvalue weighted by atomic mass is 35.5. The number of ether oxygens (including phenoxy) is 1. The number of benzene rings is 2. The first-order chi connectivity index (χ1) is 11.4. The molecule has 0 N–H and O–H groups in total. The van der Waals surface area contributed by atoms with Crippen LogP contribution in [0.3, 0.4) is 0 Å². The molecule has 24 heavy (non-hydrogen) atoms. The van der Waals surface area contributed by atoms with Gasteiger partial charge in [-0.3, -0.25) is 0 Å². The average Bonchev–Trinajstić information content (AvgIpc) is 2.88. The van der Waals surface area contributed by atoms with Crippen LogP contribution in [-0.4, -0.2) is 20.6 Å². The van der Waals surface area contributed by atoms with Crippen LogP contribution in [0.15, 0.2) is 53.4 Å². The highest BCUT2D eigenvalue weighted by Gasteiger charge is 2.14. The van der Waals surface area contributed by atoms with E-state index >= 15 is 0 Å². The smallest absolute Gasteiger partial charge is 0.338 e. The molecule has 1 aromatic heterocycles. The van der Waals surface area contributed by atoms with Gasteiger partial charge in [0.05, 0.1) is 20.4 Å². The molecule has 0 atom stereocenters. The summed E-state index contributed by atoms with van der Waals surface area (Å²) in [5, 5.41) is 1.53. The van der Waals surface area contributed by atoms with Crippen LogP contribution in [0.5, 0.6) is 0 Å². The number of carbonyl (C=O) groups excluding carboxylic acids is 1. The summed E-state index contributed by atoms with van der Waals surface area (Å²) >= 11 is 7.79. The molecule has 0 bridgehead atoms. The molecule has 2 aromatic carbocycles. The number of halogens is 1. The van der Waals surface area contributed by atoms with Crippen LogP contribution in [0.1, 0.15) is 15.2 Å². The van der Waals surface area contributed by atoms with Gasteiger partial charge in [-0.2, -0.15) is 0 Å². The van der Waals surface area contributed by atoms with E-state index in [0.717, 1.165) is 21.2 Å². The number of fused-ring (bicyclic) bond motifs is 1. The fourth-order valence-electron chi connectivity index (χ4n) is 2.21. The van der Waals surface area contributed by atoms with Crippen molar-refractivity contribution in [1.82, 2.24) is 0 Å². The molecule has 0 amide bonds. The Kier molecular flexibility index (Phi) is 4.62. The third kappa shape index (κ3) is 3.45. The van der Waals surface area contributed by atoms with Crippen LogP contribution in [-0.2, 0) is 21.2 Å². The standard InChI is InChI=1S/C17H13ClO4S2/c1-24(20,21)12-8-6-11(7-9-12)17(19)22-10-15-16(18)13-4-2-3-5-14(13)23-15/h2-9H,10H2,1H3. The third-order valence-electron chi connectivity index (χ3n) is 3.45. The first-order valence-electron chi connectivity index (χ1n) is 6.99. The molecule has 4 nitrogen and oxygen atoms in total. The predicted octanol–water partition coefficient (Wildman–Crippen LogP) is 4.32. The molecule has 0 saturated carbocycles. The number of esters is 1. The minimum absolute atomic E-state index is 0.0742. The number of thiophene rings is 1. The Labute approximate surface area is 148 Å². The third-order valence-corrected chi connectivity index (χ3v) is 6.27. The Morgan fingerprint density at radius 1 is 1.12 bits per heavy atom. The minimum Gasteiger partial charge on any atom is -0.456 e. The summed E-state index contributed by atoms with van der Waals surface area (Å²) in [6.45, 7) is 0.0742. The van der Waals surface area contributed by atoms with E-state index in [1.807, 2.05) is 24.3 Å². The Morgan fingerprint density at radius 3 is 2.42 bits per heavy atom. The number of hydrogen-bond acceptors (Lipinski definition) is 5. The lowest BCUT2D eigenvalue weighted by Gasteiger charge is -2.05. The van der Waals surface area contributed by atoms with Gasteiger partial charge in [-0.1, -0.05) is 29.8 Å². The molecule has 0 radical (unpaired) electrons. The zero-order valence-electron chi connectivity index (χ0n) is 12.7. The van der Waals surface area contributed by atoms with Gasteiger partial charge in [-0.25, -0.2) is 13.2 Å². The Balaban J connectivity index is 1.74. The average molecular weight is 381 g/mol. The van der Waals surface area contributed by atoms with Gasteiger partial charge in [0.1, 0.15) is 6.61 Å². The maximum Gasteiger partial charge on any atom is 0.338 e. The summed E-state index contributed by atoms with van der Waals surface area (Å²) in [5.41, 5.74) is 0.291. The van der Waals surface area contributed by atoms with Gasteiger partial charge in [0, 0.05) is 16.3 Å². The van der Waals surface area contributed by atoms with E-state index in [9.17, 15) is 13.2 Å². The highest BCUT2D eigenvalue weighted by molar-refractivity contribution is 7.90. The summed E-state index contributed by atoms with van der Waals surface area (Å²) in [6.07, 6.45) is 1.11. The van der Waals surface area contributed by atoms with Crippen molar-refractivity contribution in [3.05, 3.63) is 64.0 Å². The second-order valence-corrected chi connectivity index (χ2v) is 8.74. The van der Waals surface area contributed by atoms with E-state index in [2.05, 4.69) is 0 Å². The van der Waals surface area contributed by atoms with Crippen molar-refractivity contribution in [3.63, 3.8) is 0 Å². The van der Waals surface area contributed by atoms with Gasteiger partial charge in [-0.05, 0) is 30.3 Å². The predicted molar refractivity (Wildman–Crippen MR) is 95.5 cm³/mol. The lowest BCUT2D eigenvalue weighted by molar-refractivity contribution is 0.0477. The van der Waals surface area contributed by atoms with Crippen molar-refractivity contribution >= 4 is 48.8 Å². The molecule has 1 heterocycles. The number of rotatable bonds is 4. The summed E-state index contributed by atoms with van der Waals surface area (Å²) in [6, 6.07) is 13.4. The molecule has 0 aliphatic heterocycles. The lowest BCUT2D eigenvalue weighted by atomic mass is 10.2. The van der Waals surface area contributed by atoms with Crippen molar-refractivity contribution in [2.24, 2.45) is 0 Å². The van der Waals surface area contributed by atoms with Crippen molar-refractivity contribution in [3.8, 4) is 0 Å². The van der Waals surface area contributed by atoms with Gasteiger partial charge < -0.3 is 4.74 Å². The SMILES string of the molecule is CS(=O)(=O)c1ccc(C(=O)OCc2sc3ccccc3c2Cl)cc1. The van der Waals surface area contributed by atoms with Crippen molar-refractivity contribution in [2.45, 2.75) is 11.5 Å². The quantitative estimate of drug-likeness (QED) is 0.632. The van der Waals surface area contributed by atoms with Crippen LogP contribution in [0.25, 0.3) is 10.1 Å². The molecular weight excluding hydrogens is 368 g/mol. The maximum atomic E-state index is 12.1. The van der Waals surface area contributed by atoms with Gasteiger partial charge in [0.25, 0.3) is 0 Å². The van der Waals surface area contributed by atoms with E-state index in [1.54, 1.807) is 0 Å². The first kappa shape index (κ1) is 17.0. The van der Waals surface area contributed by atoms with E-state index in [-0.39, 0.29) is 11.5 Å². The molecular formula is C17H13ClO4S2. The second kappa shape index (κ2) is 6.55. The van der Waals surface area contributed by atoms with Crippen LogP contribution in [0, 0.1) is 0 Å². The number of sulfone groups is 1. The van der Waals surface area contributed by atoms with E-state index in [4.69, 9.17) is 16.3 Å². The van der Waals surface area contributed by atoms with Crippen LogP contribution in [0.2, 0.25) is 5.02 Å². The van der Waals surface area contributed by atoms with Crippen molar-refractivity contribution in [2.75, 3.05) is 6.26 Å². The molecule has 3 rings (SSSR count). The molecule has 7 heteroatoms. The summed E-state index contributed by atoms with van der Waals surface area (Å²) < 4.78 is 29.2. The molecule has 124 valence electrons. The molecule has 0 saturated heterocycles. The molecule has 0 aliphatic carbocycles. The summed E-state index contributed by atoms with van der Waals surface area (Å²) in [5.74, 6) is -0.524. The Hall–Kier alpha value is -1.89. The fourth-order valence-corrected chi connectivity index (χ4v) is 4.24. The largest absolute Gasteiger partial charge is 0.456 e. The summed E-state index contributed by atoms with van der Waals surface area (Å²) in [7, 11) is -3.29. The van der Waals surface area contributed by atoms with Crippen LogP contribution in [0.4, 0.5) is 0 Å². The van der Waals surface area contributed by atoms with E-state index in [1.165, 1.54) is 35.6 Å². The molecule has 0 unspecified atom stereocenters. The Morgan fingerprint density at radius 2 is 1.79 bits per heavy atom. The topological polar surface area (TPSA) is 60.4 Å². The molecule has 0 aliphatic rings. The number of carbonyl (C=O) groups is 1. The van der Waals surface area contributed by atoms with Crippen LogP contribution < -0.4 is 0 Å². The van der Waals surface area contributed by atoms with Gasteiger partial charge in [0.15, 0.2) is 9.84 Å². The fraction of sp³-hybridized carbons (Fsp3) is 0.118. The molecule has 0 spiro atoms. The van der Waals surface area contributed by atoms with E-state index in [0.29, 0.717) is 10.6 Å². The van der Waals surface area contributed by atoms with E-state index < -0.39 is 15.8 Å². The highest BCUT2D eigenvalue weighted by Crippen LogP contribution is 2.35. The van der Waals surface area contributed by atoms with Crippen molar-refractivity contribution in [1.29, 1.82) is 0 Å². The molecule has 0 fully saturated rings. The monoisotopic (exact) mass is 380 g/mol. The van der Waals surface area contributed by atoms with Crippen molar-refractivity contribution < 1.29 is 17.9 Å². The maximum absolute atomic E-state index is 12.1. The normalized spacial score (nSPS) is 11.6. The number of hydrogen-bond donors (Lipinski definition) is 0. The Bertz CT molecular complexity index is 1000. The zero-order valence-corrected chi connectivity index (χ0v) is 15.0. The van der Waals surface area contributed by atoms with Gasteiger partial charge in [-0.15, -0.1) is 11.3 Å². The second-order valence-electron chi connectivity index (χ2n) is 5.21. The lowest BCUT2D eigenvalue weighted by Crippen LogP contribution is -2.05. The zero-order chi connectivity index (χ0) is 17.3.